The Kier molecular flexibility index (Phi) is 3.50. The van der Waals surface area contributed by atoms with Crippen LogP contribution in [0.3, 0.4) is 0 Å². The first-order valence-corrected chi connectivity index (χ1v) is 7.99. The number of halogens is 2. The van der Waals surface area contributed by atoms with Gasteiger partial charge in [0.2, 0.25) is 0 Å². The highest BCUT2D eigenvalue weighted by molar-refractivity contribution is 7.94. The summed E-state index contributed by atoms with van der Waals surface area (Å²) in [5, 5.41) is 3.55. The maximum Gasteiger partial charge on any atom is 0.131 e. The molecule has 0 aromatic heterocycles. The average molecular weight is 322 g/mol. The molecule has 23 heavy (non-hydrogen) atoms. The quantitative estimate of drug-likeness (QED) is 0.392. The Balaban J connectivity index is 2.21. The Hall–Kier alpha value is -2.39. The Labute approximate surface area is 137 Å². The second-order valence-electron chi connectivity index (χ2n) is 5.38. The summed E-state index contributed by atoms with van der Waals surface area (Å²) in [7, 11) is 0. The van der Waals surface area contributed by atoms with Crippen LogP contribution in [0.25, 0.3) is 32.7 Å². The molecule has 4 aromatic carbocycles. The zero-order valence-electron chi connectivity index (χ0n) is 12.1. The lowest BCUT2D eigenvalue weighted by Crippen LogP contribution is -1.91. The van der Waals surface area contributed by atoms with Crippen molar-refractivity contribution in [2.45, 2.75) is 4.90 Å². The van der Waals surface area contributed by atoms with Gasteiger partial charge in [-0.1, -0.05) is 60.7 Å². The monoisotopic (exact) mass is 322 g/mol. The van der Waals surface area contributed by atoms with E-state index in [0.717, 1.165) is 21.5 Å². The predicted octanol–water partition coefficient (Wildman–Crippen LogP) is 6.78. The molecule has 3 heteroatoms. The molecule has 0 saturated heterocycles. The number of hydrogen-bond donors (Lipinski definition) is 0. The van der Waals surface area contributed by atoms with Gasteiger partial charge < -0.3 is 0 Å². The van der Waals surface area contributed by atoms with Crippen molar-refractivity contribution in [3.05, 3.63) is 78.6 Å². The third kappa shape index (κ3) is 2.28. The van der Waals surface area contributed by atoms with Crippen LogP contribution in [-0.2, 0) is 0 Å². The van der Waals surface area contributed by atoms with Gasteiger partial charge in [0.25, 0.3) is 0 Å². The Morgan fingerprint density at radius 2 is 1.17 bits per heavy atom. The second kappa shape index (κ2) is 5.67. The molecule has 0 atom stereocenters. The molecule has 112 valence electrons. The van der Waals surface area contributed by atoms with Crippen molar-refractivity contribution in [3.8, 4) is 11.1 Å². The van der Waals surface area contributed by atoms with Crippen LogP contribution in [0.2, 0.25) is 0 Å². The lowest BCUT2D eigenvalue weighted by atomic mass is 9.93. The van der Waals surface area contributed by atoms with Crippen LogP contribution in [0.4, 0.5) is 8.28 Å². The predicted molar refractivity (Wildman–Crippen MR) is 93.8 cm³/mol. The Bertz CT molecular complexity index is 1020. The molecular weight excluding hydrogens is 310 g/mol. The van der Waals surface area contributed by atoms with E-state index < -0.39 is 0 Å². The van der Waals surface area contributed by atoms with Gasteiger partial charge in [0, 0.05) is 16.0 Å². The molecule has 0 fully saturated rings. The summed E-state index contributed by atoms with van der Waals surface area (Å²) < 4.78 is 28.2. The van der Waals surface area contributed by atoms with E-state index in [4.69, 9.17) is 0 Å². The first-order valence-electron chi connectivity index (χ1n) is 7.27. The molecule has 0 nitrogen and oxygen atoms in total. The SMILES string of the molecule is FSc1ccc2ccccc2c1-c1c(F)ccc2ccccc12. The number of fused-ring (bicyclic) bond motifs is 2. The first-order chi connectivity index (χ1) is 11.3. The molecule has 0 amide bonds. The Morgan fingerprint density at radius 3 is 1.83 bits per heavy atom. The minimum Gasteiger partial charge on any atom is -0.206 e. The zero-order chi connectivity index (χ0) is 15.8. The highest BCUT2D eigenvalue weighted by atomic mass is 32.2. The van der Waals surface area contributed by atoms with Gasteiger partial charge in [-0.15, -0.1) is 0 Å². The molecule has 0 bridgehead atoms. The maximum absolute atomic E-state index is 14.7. The van der Waals surface area contributed by atoms with Crippen molar-refractivity contribution < 1.29 is 8.28 Å². The maximum atomic E-state index is 14.7. The molecule has 4 rings (SSSR count). The molecule has 0 aliphatic carbocycles. The molecule has 0 saturated carbocycles. The van der Waals surface area contributed by atoms with E-state index >= 15 is 0 Å². The molecular formula is C20H12F2S. The van der Waals surface area contributed by atoms with Crippen LogP contribution in [0.5, 0.6) is 0 Å². The standard InChI is InChI=1S/C20H12F2S/c21-17-11-9-13-5-1-3-7-15(13)19(17)20-16-8-4-2-6-14(16)10-12-18(20)23-22/h1-12H. The van der Waals surface area contributed by atoms with Crippen molar-refractivity contribution >= 4 is 33.7 Å². The Morgan fingerprint density at radius 1 is 0.609 bits per heavy atom. The van der Waals surface area contributed by atoms with Crippen molar-refractivity contribution in [2.24, 2.45) is 0 Å². The van der Waals surface area contributed by atoms with Gasteiger partial charge in [-0.05, 0) is 33.7 Å². The van der Waals surface area contributed by atoms with Crippen molar-refractivity contribution in [3.63, 3.8) is 0 Å². The lowest BCUT2D eigenvalue weighted by molar-refractivity contribution is 0.633. The molecule has 0 aliphatic heterocycles. The third-order valence-electron chi connectivity index (χ3n) is 4.10. The summed E-state index contributed by atoms with van der Waals surface area (Å²) in [5.74, 6) is -0.338. The second-order valence-corrected chi connectivity index (χ2v) is 5.97. The van der Waals surface area contributed by atoms with Crippen LogP contribution in [0, 0.1) is 5.82 Å². The molecule has 4 aromatic rings. The lowest BCUT2D eigenvalue weighted by Gasteiger charge is -2.14. The first kappa shape index (κ1) is 14.2. The van der Waals surface area contributed by atoms with Crippen molar-refractivity contribution in [1.29, 1.82) is 0 Å². The topological polar surface area (TPSA) is 0 Å². The molecule has 0 aliphatic rings. The summed E-state index contributed by atoms with van der Waals surface area (Å²) in [4.78, 5) is 0.430. The molecule has 0 radical (unpaired) electrons. The third-order valence-corrected chi connectivity index (χ3v) is 4.61. The van der Waals surface area contributed by atoms with Gasteiger partial charge >= 0.3 is 0 Å². The van der Waals surface area contributed by atoms with E-state index in [9.17, 15) is 8.28 Å². The number of hydrogen-bond acceptors (Lipinski definition) is 1. The minimum atomic E-state index is -0.338. The van der Waals surface area contributed by atoms with E-state index in [1.54, 1.807) is 12.1 Å². The summed E-state index contributed by atoms with van der Waals surface area (Å²) in [6.45, 7) is 0. The van der Waals surface area contributed by atoms with E-state index in [0.29, 0.717) is 16.0 Å². The smallest absolute Gasteiger partial charge is 0.131 e. The summed E-state index contributed by atoms with van der Waals surface area (Å²) in [6, 6.07) is 22.1. The highest BCUT2D eigenvalue weighted by Crippen LogP contribution is 2.42. The normalized spacial score (nSPS) is 11.2. The van der Waals surface area contributed by atoms with Gasteiger partial charge in [-0.3, -0.25) is 0 Å². The molecule has 0 N–H and O–H groups in total. The largest absolute Gasteiger partial charge is 0.206 e. The van der Waals surface area contributed by atoms with Crippen LogP contribution < -0.4 is 0 Å². The summed E-state index contributed by atoms with van der Waals surface area (Å²) >= 11 is 0.156. The summed E-state index contributed by atoms with van der Waals surface area (Å²) in [6.07, 6.45) is 0. The van der Waals surface area contributed by atoms with Crippen LogP contribution in [-0.4, -0.2) is 0 Å². The van der Waals surface area contributed by atoms with Gasteiger partial charge in [0.15, 0.2) is 0 Å². The van der Waals surface area contributed by atoms with Crippen molar-refractivity contribution in [1.82, 2.24) is 0 Å². The minimum absolute atomic E-state index is 0.156. The molecule has 0 unspecified atom stereocenters. The van der Waals surface area contributed by atoms with Crippen molar-refractivity contribution in [2.75, 3.05) is 0 Å². The van der Waals surface area contributed by atoms with Crippen LogP contribution >= 0.6 is 12.1 Å². The van der Waals surface area contributed by atoms with Crippen LogP contribution in [0.15, 0.2) is 77.7 Å². The molecule has 0 spiro atoms. The van der Waals surface area contributed by atoms with Crippen LogP contribution in [0.1, 0.15) is 0 Å². The van der Waals surface area contributed by atoms with Gasteiger partial charge in [0.1, 0.15) is 5.82 Å². The molecule has 0 heterocycles. The fourth-order valence-electron chi connectivity index (χ4n) is 3.07. The van der Waals surface area contributed by atoms with Gasteiger partial charge in [0.05, 0.1) is 12.1 Å². The number of benzene rings is 4. The fourth-order valence-corrected chi connectivity index (χ4v) is 3.48. The zero-order valence-corrected chi connectivity index (χ0v) is 12.9. The van der Waals surface area contributed by atoms with E-state index in [1.165, 1.54) is 6.07 Å². The van der Waals surface area contributed by atoms with Gasteiger partial charge in [-0.25, -0.2) is 4.39 Å². The van der Waals surface area contributed by atoms with E-state index in [-0.39, 0.29) is 18.0 Å². The fraction of sp³-hybridized carbons (Fsp3) is 0. The average Bonchev–Trinajstić information content (AvgIpc) is 2.61. The highest BCUT2D eigenvalue weighted by Gasteiger charge is 2.17. The van der Waals surface area contributed by atoms with E-state index in [1.807, 2.05) is 54.6 Å². The van der Waals surface area contributed by atoms with Gasteiger partial charge in [-0.2, -0.15) is 3.89 Å². The summed E-state index contributed by atoms with van der Waals surface area (Å²) in [5.41, 5.74) is 1.07. The van der Waals surface area contributed by atoms with E-state index in [2.05, 4.69) is 0 Å². The number of rotatable bonds is 2.